The standard InChI is InChI=1S/C13H26N2/c1-12(2)4-8-14-9-5-13-6-10-15(3)11-7-13/h4,13-14H,5-11H2,1-3H3. The van der Waals surface area contributed by atoms with E-state index in [9.17, 15) is 0 Å². The minimum Gasteiger partial charge on any atom is -0.313 e. The fourth-order valence-corrected chi connectivity index (χ4v) is 2.04. The third kappa shape index (κ3) is 5.95. The molecule has 88 valence electrons. The summed E-state index contributed by atoms with van der Waals surface area (Å²) in [6.07, 6.45) is 6.39. The predicted molar refractivity (Wildman–Crippen MR) is 67.1 cm³/mol. The van der Waals surface area contributed by atoms with Crippen LogP contribution in [0.3, 0.4) is 0 Å². The van der Waals surface area contributed by atoms with Crippen molar-refractivity contribution in [2.24, 2.45) is 5.92 Å². The van der Waals surface area contributed by atoms with Gasteiger partial charge < -0.3 is 10.2 Å². The predicted octanol–water partition coefficient (Wildman–Crippen LogP) is 2.27. The number of nitrogens with zero attached hydrogens (tertiary/aromatic N) is 1. The van der Waals surface area contributed by atoms with Crippen LogP contribution in [0.4, 0.5) is 0 Å². The zero-order valence-corrected chi connectivity index (χ0v) is 10.6. The third-order valence-corrected chi connectivity index (χ3v) is 3.22. The summed E-state index contributed by atoms with van der Waals surface area (Å²) in [6, 6.07) is 0. The molecule has 2 heteroatoms. The quantitative estimate of drug-likeness (QED) is 0.553. The Morgan fingerprint density at radius 2 is 2.00 bits per heavy atom. The smallest absolute Gasteiger partial charge is 0.0137 e. The van der Waals surface area contributed by atoms with Crippen LogP contribution in [0.5, 0.6) is 0 Å². The monoisotopic (exact) mass is 210 g/mol. The number of allylic oxidation sites excluding steroid dienone is 1. The molecule has 1 N–H and O–H groups in total. The maximum Gasteiger partial charge on any atom is 0.0137 e. The minimum absolute atomic E-state index is 0.959. The summed E-state index contributed by atoms with van der Waals surface area (Å²) in [6.45, 7) is 9.10. The van der Waals surface area contributed by atoms with Crippen molar-refractivity contribution in [1.29, 1.82) is 0 Å². The molecule has 0 spiro atoms. The summed E-state index contributed by atoms with van der Waals surface area (Å²) < 4.78 is 0. The molecule has 0 amide bonds. The molecular weight excluding hydrogens is 184 g/mol. The molecule has 2 nitrogen and oxygen atoms in total. The molecule has 1 aliphatic heterocycles. The number of nitrogens with one attached hydrogen (secondary N) is 1. The first kappa shape index (κ1) is 12.7. The molecule has 0 aliphatic carbocycles. The Hall–Kier alpha value is -0.340. The first-order chi connectivity index (χ1) is 7.18. The van der Waals surface area contributed by atoms with Gasteiger partial charge >= 0.3 is 0 Å². The van der Waals surface area contributed by atoms with Crippen molar-refractivity contribution in [3.05, 3.63) is 11.6 Å². The Morgan fingerprint density at radius 3 is 2.60 bits per heavy atom. The van der Waals surface area contributed by atoms with Gasteiger partial charge in [-0.2, -0.15) is 0 Å². The number of rotatable bonds is 5. The normalized spacial score (nSPS) is 19.1. The Morgan fingerprint density at radius 1 is 1.33 bits per heavy atom. The average molecular weight is 210 g/mol. The van der Waals surface area contributed by atoms with Crippen LogP contribution >= 0.6 is 0 Å². The van der Waals surface area contributed by atoms with Gasteiger partial charge in [0.1, 0.15) is 0 Å². The fraction of sp³-hybridized carbons (Fsp3) is 0.846. The van der Waals surface area contributed by atoms with Crippen molar-refractivity contribution in [3.63, 3.8) is 0 Å². The molecule has 0 bridgehead atoms. The molecular formula is C13H26N2. The van der Waals surface area contributed by atoms with Gasteiger partial charge in [-0.1, -0.05) is 11.6 Å². The summed E-state index contributed by atoms with van der Waals surface area (Å²) in [5, 5.41) is 3.49. The first-order valence-electron chi connectivity index (χ1n) is 6.21. The van der Waals surface area contributed by atoms with Crippen LogP contribution < -0.4 is 5.32 Å². The van der Waals surface area contributed by atoms with Gasteiger partial charge in [-0.15, -0.1) is 0 Å². The zero-order chi connectivity index (χ0) is 11.1. The van der Waals surface area contributed by atoms with Crippen LogP contribution in [0.1, 0.15) is 33.1 Å². The van der Waals surface area contributed by atoms with Crippen molar-refractivity contribution < 1.29 is 0 Å². The summed E-state index contributed by atoms with van der Waals surface area (Å²) in [7, 11) is 2.23. The molecule has 0 unspecified atom stereocenters. The molecule has 0 aromatic carbocycles. The molecule has 1 fully saturated rings. The topological polar surface area (TPSA) is 15.3 Å². The van der Waals surface area contributed by atoms with Crippen molar-refractivity contribution in [2.45, 2.75) is 33.1 Å². The van der Waals surface area contributed by atoms with Crippen LogP contribution in [0.15, 0.2) is 11.6 Å². The Kier molecular flexibility index (Phi) is 5.96. The zero-order valence-electron chi connectivity index (χ0n) is 10.6. The Balaban J connectivity index is 1.98. The van der Waals surface area contributed by atoms with E-state index < -0.39 is 0 Å². The van der Waals surface area contributed by atoms with E-state index in [4.69, 9.17) is 0 Å². The second kappa shape index (κ2) is 7.02. The highest BCUT2D eigenvalue weighted by Gasteiger charge is 2.15. The van der Waals surface area contributed by atoms with Gasteiger partial charge in [0.2, 0.25) is 0 Å². The van der Waals surface area contributed by atoms with Gasteiger partial charge in [0.05, 0.1) is 0 Å². The summed E-state index contributed by atoms with van der Waals surface area (Å²) in [4.78, 5) is 2.44. The Labute approximate surface area is 94.7 Å². The summed E-state index contributed by atoms with van der Waals surface area (Å²) in [5.41, 5.74) is 1.40. The van der Waals surface area contributed by atoms with E-state index in [-0.39, 0.29) is 0 Å². The van der Waals surface area contributed by atoms with E-state index in [1.807, 2.05) is 0 Å². The third-order valence-electron chi connectivity index (χ3n) is 3.22. The highest BCUT2D eigenvalue weighted by atomic mass is 15.1. The van der Waals surface area contributed by atoms with Crippen molar-refractivity contribution in [1.82, 2.24) is 10.2 Å². The van der Waals surface area contributed by atoms with Crippen LogP contribution in [-0.2, 0) is 0 Å². The molecule has 1 heterocycles. The second-order valence-electron chi connectivity index (χ2n) is 5.02. The van der Waals surface area contributed by atoms with Crippen LogP contribution in [-0.4, -0.2) is 38.1 Å². The van der Waals surface area contributed by atoms with Crippen molar-refractivity contribution in [2.75, 3.05) is 33.2 Å². The molecule has 0 radical (unpaired) electrons. The SMILES string of the molecule is CC(C)=CCNCCC1CCN(C)CC1. The van der Waals surface area contributed by atoms with Crippen LogP contribution in [0.25, 0.3) is 0 Å². The lowest BCUT2D eigenvalue weighted by molar-refractivity contribution is 0.212. The number of likely N-dealkylation sites (tertiary alicyclic amines) is 1. The molecule has 15 heavy (non-hydrogen) atoms. The average Bonchev–Trinajstić information content (AvgIpc) is 2.20. The van der Waals surface area contributed by atoms with Gasteiger partial charge in [-0.05, 0) is 65.7 Å². The van der Waals surface area contributed by atoms with Gasteiger partial charge in [0, 0.05) is 6.54 Å². The van der Waals surface area contributed by atoms with E-state index in [0.717, 1.165) is 12.5 Å². The number of piperidine rings is 1. The lowest BCUT2D eigenvalue weighted by atomic mass is 9.94. The van der Waals surface area contributed by atoms with E-state index in [1.165, 1.54) is 44.5 Å². The van der Waals surface area contributed by atoms with Crippen LogP contribution in [0, 0.1) is 5.92 Å². The molecule has 1 rings (SSSR count). The highest BCUT2D eigenvalue weighted by molar-refractivity contribution is 4.94. The van der Waals surface area contributed by atoms with E-state index in [2.05, 4.69) is 37.2 Å². The second-order valence-corrected chi connectivity index (χ2v) is 5.02. The maximum atomic E-state index is 3.49. The lowest BCUT2D eigenvalue weighted by Gasteiger charge is -2.28. The minimum atomic E-state index is 0.959. The first-order valence-corrected chi connectivity index (χ1v) is 6.21. The molecule has 0 aromatic heterocycles. The van der Waals surface area contributed by atoms with Crippen molar-refractivity contribution in [3.8, 4) is 0 Å². The number of hydrogen-bond acceptors (Lipinski definition) is 2. The number of hydrogen-bond donors (Lipinski definition) is 1. The Bertz CT molecular complexity index is 187. The van der Waals surface area contributed by atoms with Gasteiger partial charge in [-0.3, -0.25) is 0 Å². The molecule has 1 saturated heterocycles. The summed E-state index contributed by atoms with van der Waals surface area (Å²) in [5.74, 6) is 0.959. The van der Waals surface area contributed by atoms with Gasteiger partial charge in [0.25, 0.3) is 0 Å². The maximum absolute atomic E-state index is 3.49. The molecule has 0 atom stereocenters. The van der Waals surface area contributed by atoms with Crippen LogP contribution in [0.2, 0.25) is 0 Å². The fourth-order valence-electron chi connectivity index (χ4n) is 2.04. The molecule has 1 aliphatic rings. The molecule has 0 aromatic rings. The van der Waals surface area contributed by atoms with Gasteiger partial charge in [0.15, 0.2) is 0 Å². The van der Waals surface area contributed by atoms with Gasteiger partial charge in [-0.25, -0.2) is 0 Å². The summed E-state index contributed by atoms with van der Waals surface area (Å²) >= 11 is 0. The lowest BCUT2D eigenvalue weighted by Crippen LogP contribution is -2.31. The van der Waals surface area contributed by atoms with E-state index in [0.29, 0.717) is 0 Å². The largest absolute Gasteiger partial charge is 0.313 e. The van der Waals surface area contributed by atoms with E-state index in [1.54, 1.807) is 0 Å². The highest BCUT2D eigenvalue weighted by Crippen LogP contribution is 2.18. The van der Waals surface area contributed by atoms with E-state index >= 15 is 0 Å². The van der Waals surface area contributed by atoms with Crippen molar-refractivity contribution >= 4 is 0 Å². The molecule has 0 saturated carbocycles.